The number of nitrogens with one attached hydrogen (secondary N) is 2. The van der Waals surface area contributed by atoms with Crippen molar-refractivity contribution in [2.75, 3.05) is 22.1 Å². The number of pyridine rings is 1. The standard InChI is InChI=1S/C29H29N9O2/c1-15-4-5-30-26(34-15)21-8-22(21)28(39)36-25-9-24(32-14-33-25)31-10-19-13-37-11-17(16-2-3-16)7-23(27(37)35-19)38-12-18-6-20(18)29(38)40/h4-5,7,9,11,13-14,16,18,20-22H,2-3,6,8,10,12H2,1H3,(H2,31,32,33,36,39)/t18?,20?,21-,22-/m0/s1. The third-order valence-electron chi connectivity index (χ3n) is 8.51. The molecule has 0 bridgehead atoms. The first-order valence-corrected chi connectivity index (χ1v) is 14.0. The number of carbonyl (C=O) groups is 2. The van der Waals surface area contributed by atoms with Gasteiger partial charge < -0.3 is 19.9 Å². The summed E-state index contributed by atoms with van der Waals surface area (Å²) in [7, 11) is 0. The Morgan fingerprint density at radius 3 is 2.73 bits per heavy atom. The van der Waals surface area contributed by atoms with Gasteiger partial charge in [0.15, 0.2) is 5.65 Å². The van der Waals surface area contributed by atoms with Crippen LogP contribution in [0, 0.1) is 24.7 Å². The molecule has 40 heavy (non-hydrogen) atoms. The van der Waals surface area contributed by atoms with Crippen LogP contribution in [0.25, 0.3) is 5.65 Å². The largest absolute Gasteiger partial charge is 0.364 e. The number of hydrogen-bond donors (Lipinski definition) is 2. The summed E-state index contributed by atoms with van der Waals surface area (Å²) in [4.78, 5) is 49.9. The summed E-state index contributed by atoms with van der Waals surface area (Å²) in [5, 5.41) is 6.21. The van der Waals surface area contributed by atoms with Gasteiger partial charge in [0.2, 0.25) is 11.8 Å². The molecule has 4 aliphatic rings. The van der Waals surface area contributed by atoms with E-state index in [0.717, 1.165) is 47.9 Å². The van der Waals surface area contributed by atoms with E-state index >= 15 is 0 Å². The first kappa shape index (κ1) is 23.5. The number of aromatic nitrogens is 6. The molecule has 2 N–H and O–H groups in total. The van der Waals surface area contributed by atoms with Crippen LogP contribution >= 0.6 is 0 Å². The lowest BCUT2D eigenvalue weighted by atomic mass is 10.1. The monoisotopic (exact) mass is 535 g/mol. The number of fused-ring (bicyclic) bond motifs is 2. The van der Waals surface area contributed by atoms with Gasteiger partial charge in [-0.3, -0.25) is 9.59 Å². The lowest BCUT2D eigenvalue weighted by Gasteiger charge is -2.20. The minimum atomic E-state index is -0.158. The fourth-order valence-corrected chi connectivity index (χ4v) is 5.91. The fourth-order valence-electron chi connectivity index (χ4n) is 5.91. The smallest absolute Gasteiger partial charge is 0.230 e. The van der Waals surface area contributed by atoms with Crippen molar-refractivity contribution < 1.29 is 9.59 Å². The molecule has 3 aliphatic carbocycles. The quantitative estimate of drug-likeness (QED) is 0.351. The van der Waals surface area contributed by atoms with Gasteiger partial charge in [0.1, 0.15) is 23.8 Å². The van der Waals surface area contributed by atoms with E-state index in [4.69, 9.17) is 4.98 Å². The Morgan fingerprint density at radius 1 is 1.05 bits per heavy atom. The highest BCUT2D eigenvalue weighted by atomic mass is 16.2. The van der Waals surface area contributed by atoms with Crippen molar-refractivity contribution in [1.82, 2.24) is 29.3 Å². The number of nitrogens with zero attached hydrogens (tertiary/aromatic N) is 7. The normalized spacial score (nSPS) is 24.7. The highest BCUT2D eigenvalue weighted by molar-refractivity contribution is 6.02. The van der Waals surface area contributed by atoms with E-state index in [0.29, 0.717) is 30.0 Å². The van der Waals surface area contributed by atoms with Gasteiger partial charge in [0, 0.05) is 54.6 Å². The average molecular weight is 536 g/mol. The van der Waals surface area contributed by atoms with Crippen LogP contribution in [0.1, 0.15) is 60.3 Å². The van der Waals surface area contributed by atoms with Gasteiger partial charge in [-0.2, -0.15) is 0 Å². The Labute approximate surface area is 230 Å². The van der Waals surface area contributed by atoms with Gasteiger partial charge >= 0.3 is 0 Å². The van der Waals surface area contributed by atoms with Crippen LogP contribution in [0.3, 0.4) is 0 Å². The first-order chi connectivity index (χ1) is 19.5. The van der Waals surface area contributed by atoms with Gasteiger partial charge in [-0.25, -0.2) is 24.9 Å². The second kappa shape index (κ2) is 8.80. The summed E-state index contributed by atoms with van der Waals surface area (Å²) in [5.41, 5.74) is 4.75. The first-order valence-electron chi connectivity index (χ1n) is 14.0. The number of hydrogen-bond acceptors (Lipinski definition) is 8. The number of imidazole rings is 1. The topological polar surface area (TPSA) is 130 Å². The highest BCUT2D eigenvalue weighted by Crippen LogP contribution is 2.49. The Hall–Kier alpha value is -4.41. The molecule has 4 aromatic rings. The van der Waals surface area contributed by atoms with E-state index in [1.807, 2.05) is 24.1 Å². The molecule has 0 spiro atoms. The molecule has 5 heterocycles. The summed E-state index contributed by atoms with van der Waals surface area (Å²) in [6.45, 7) is 3.16. The summed E-state index contributed by atoms with van der Waals surface area (Å²) >= 11 is 0. The summed E-state index contributed by atoms with van der Waals surface area (Å²) in [5.74, 6) is 3.06. The Balaban J connectivity index is 0.962. The van der Waals surface area contributed by atoms with Crippen LogP contribution in [-0.2, 0) is 16.1 Å². The number of rotatable bonds is 8. The van der Waals surface area contributed by atoms with Crippen molar-refractivity contribution in [3.8, 4) is 0 Å². The minimum absolute atomic E-state index is 0.0429. The van der Waals surface area contributed by atoms with E-state index in [-0.39, 0.29) is 29.6 Å². The Morgan fingerprint density at radius 2 is 1.93 bits per heavy atom. The molecule has 8 rings (SSSR count). The number of piperidine rings is 1. The van der Waals surface area contributed by atoms with Crippen molar-refractivity contribution in [1.29, 1.82) is 0 Å². The van der Waals surface area contributed by atoms with Crippen LogP contribution in [0.2, 0.25) is 0 Å². The van der Waals surface area contributed by atoms with Gasteiger partial charge in [-0.15, -0.1) is 0 Å². The predicted molar refractivity (Wildman–Crippen MR) is 147 cm³/mol. The molecule has 1 saturated heterocycles. The average Bonchev–Trinajstić information content (AvgIpc) is 3.85. The summed E-state index contributed by atoms with van der Waals surface area (Å²) in [6.07, 6.45) is 11.5. The number of aryl methyl sites for hydroxylation is 1. The predicted octanol–water partition coefficient (Wildman–Crippen LogP) is 3.44. The molecule has 11 nitrogen and oxygen atoms in total. The van der Waals surface area contributed by atoms with Gasteiger partial charge in [-0.05, 0) is 62.1 Å². The zero-order valence-corrected chi connectivity index (χ0v) is 22.1. The van der Waals surface area contributed by atoms with Gasteiger partial charge in [-0.1, -0.05) is 0 Å². The van der Waals surface area contributed by atoms with Crippen LogP contribution < -0.4 is 15.5 Å². The number of amides is 2. The minimum Gasteiger partial charge on any atom is -0.364 e. The zero-order chi connectivity index (χ0) is 27.0. The molecule has 11 heteroatoms. The third kappa shape index (κ3) is 4.25. The van der Waals surface area contributed by atoms with Crippen LogP contribution in [0.5, 0.6) is 0 Å². The molecule has 4 aromatic heterocycles. The highest BCUT2D eigenvalue weighted by Gasteiger charge is 2.53. The molecule has 202 valence electrons. The maximum atomic E-state index is 12.9. The lowest BCUT2D eigenvalue weighted by molar-refractivity contribution is -0.119. The van der Waals surface area contributed by atoms with Crippen molar-refractivity contribution in [2.24, 2.45) is 17.8 Å². The van der Waals surface area contributed by atoms with E-state index in [1.54, 1.807) is 12.3 Å². The van der Waals surface area contributed by atoms with E-state index < -0.39 is 0 Å². The van der Waals surface area contributed by atoms with Gasteiger partial charge in [0.25, 0.3) is 0 Å². The van der Waals surface area contributed by atoms with E-state index in [1.165, 1.54) is 24.7 Å². The molecule has 3 saturated carbocycles. The van der Waals surface area contributed by atoms with Crippen molar-refractivity contribution in [3.05, 3.63) is 65.9 Å². The fraction of sp³-hybridized carbons (Fsp3) is 0.414. The second-order valence-electron chi connectivity index (χ2n) is 11.6. The molecular weight excluding hydrogens is 506 g/mol. The van der Waals surface area contributed by atoms with Crippen molar-refractivity contribution >= 4 is 34.8 Å². The maximum Gasteiger partial charge on any atom is 0.230 e. The molecule has 2 amide bonds. The molecule has 4 fully saturated rings. The van der Waals surface area contributed by atoms with Crippen molar-refractivity contribution in [3.63, 3.8) is 0 Å². The zero-order valence-electron chi connectivity index (χ0n) is 22.1. The Kier molecular flexibility index (Phi) is 5.17. The van der Waals surface area contributed by atoms with Crippen molar-refractivity contribution in [2.45, 2.75) is 51.0 Å². The Bertz CT molecular complexity index is 1680. The van der Waals surface area contributed by atoms with Crippen LogP contribution in [-0.4, -0.2) is 47.7 Å². The molecule has 1 aliphatic heterocycles. The van der Waals surface area contributed by atoms with E-state index in [9.17, 15) is 9.59 Å². The second-order valence-corrected chi connectivity index (χ2v) is 11.6. The summed E-state index contributed by atoms with van der Waals surface area (Å²) in [6, 6.07) is 5.75. The lowest BCUT2D eigenvalue weighted by Crippen LogP contribution is -2.28. The maximum absolute atomic E-state index is 12.9. The summed E-state index contributed by atoms with van der Waals surface area (Å²) < 4.78 is 2.06. The van der Waals surface area contributed by atoms with Crippen LogP contribution in [0.4, 0.5) is 17.3 Å². The number of carbonyl (C=O) groups excluding carboxylic acids is 2. The van der Waals surface area contributed by atoms with Crippen LogP contribution in [0.15, 0.2) is 43.1 Å². The SMILES string of the molecule is Cc1ccnc([C@H]2C[C@@H]2C(=O)Nc2cc(NCc3cn4cc(C5CC5)cc(N5CC6CC6C5=O)c4n3)ncn2)n1. The van der Waals surface area contributed by atoms with E-state index in [2.05, 4.69) is 47.2 Å². The molecule has 4 atom stereocenters. The number of anilines is 3. The molecule has 2 unspecified atom stereocenters. The van der Waals surface area contributed by atoms with Gasteiger partial charge in [0.05, 0.1) is 17.9 Å². The third-order valence-corrected chi connectivity index (χ3v) is 8.51. The molecule has 0 aromatic carbocycles. The molecular formula is C29H29N9O2. The molecule has 0 radical (unpaired) electrons.